The third-order valence-electron chi connectivity index (χ3n) is 4.72. The molecular weight excluding hydrogens is 308 g/mol. The van der Waals surface area contributed by atoms with E-state index in [-0.39, 0.29) is 12.5 Å². The summed E-state index contributed by atoms with van der Waals surface area (Å²) >= 11 is 0. The Bertz CT molecular complexity index is 779. The van der Waals surface area contributed by atoms with Crippen molar-refractivity contribution in [3.05, 3.63) is 30.1 Å². The molecule has 7 heteroatoms. The van der Waals surface area contributed by atoms with E-state index in [1.807, 2.05) is 29.8 Å². The highest BCUT2D eigenvalue weighted by molar-refractivity contribution is 5.89. The van der Waals surface area contributed by atoms with Gasteiger partial charge >= 0.3 is 5.97 Å². The standard InChI is InChI=1S/C17H22N4O3/c1-17(19-10-15(22)23,16(24)21-7-3-4-8-21)12-5-6-14-13(9-12)18-11-20(14)2/h5-6,9,11,19H,3-4,7-8,10H2,1-2H3,(H,22,23). The normalized spacial score (nSPS) is 17.2. The molecule has 7 nitrogen and oxygen atoms in total. The number of fused-ring (bicyclic) bond motifs is 1. The van der Waals surface area contributed by atoms with E-state index in [1.165, 1.54) is 0 Å². The van der Waals surface area contributed by atoms with Gasteiger partial charge in [0.2, 0.25) is 5.91 Å². The predicted octanol–water partition coefficient (Wildman–Crippen LogP) is 1.09. The van der Waals surface area contributed by atoms with Gasteiger partial charge in [-0.1, -0.05) is 6.07 Å². The molecule has 0 saturated carbocycles. The summed E-state index contributed by atoms with van der Waals surface area (Å²) in [7, 11) is 1.91. The van der Waals surface area contributed by atoms with Crippen molar-refractivity contribution >= 4 is 22.9 Å². The summed E-state index contributed by atoms with van der Waals surface area (Å²) in [4.78, 5) is 30.2. The summed E-state index contributed by atoms with van der Waals surface area (Å²) in [6, 6.07) is 5.64. The zero-order chi connectivity index (χ0) is 17.3. The van der Waals surface area contributed by atoms with Crippen LogP contribution in [0, 0.1) is 0 Å². The lowest BCUT2D eigenvalue weighted by Crippen LogP contribution is -2.54. The van der Waals surface area contributed by atoms with Gasteiger partial charge in [0.05, 0.1) is 23.9 Å². The molecule has 0 bridgehead atoms. The monoisotopic (exact) mass is 330 g/mol. The third kappa shape index (κ3) is 2.87. The maximum atomic E-state index is 13.1. The molecule has 0 radical (unpaired) electrons. The van der Waals surface area contributed by atoms with Crippen molar-refractivity contribution in [1.82, 2.24) is 19.8 Å². The summed E-state index contributed by atoms with van der Waals surface area (Å²) in [5.74, 6) is -1.08. The smallest absolute Gasteiger partial charge is 0.317 e. The van der Waals surface area contributed by atoms with Crippen LogP contribution in [0.3, 0.4) is 0 Å². The number of hydrogen-bond donors (Lipinski definition) is 2. The van der Waals surface area contributed by atoms with Crippen LogP contribution in [-0.2, 0) is 22.2 Å². The molecule has 1 fully saturated rings. The number of carboxylic acids is 1. The number of rotatable bonds is 5. The first-order valence-electron chi connectivity index (χ1n) is 8.09. The average Bonchev–Trinajstić information content (AvgIpc) is 3.22. The topological polar surface area (TPSA) is 87.5 Å². The molecule has 1 amide bonds. The van der Waals surface area contributed by atoms with E-state index in [9.17, 15) is 9.59 Å². The molecule has 2 heterocycles. The Labute approximate surface area is 140 Å². The Morgan fingerprint density at radius 3 is 2.71 bits per heavy atom. The lowest BCUT2D eigenvalue weighted by atomic mass is 9.89. The maximum absolute atomic E-state index is 13.1. The number of aliphatic carboxylic acids is 1. The van der Waals surface area contributed by atoms with E-state index in [4.69, 9.17) is 5.11 Å². The first kappa shape index (κ1) is 16.4. The first-order valence-corrected chi connectivity index (χ1v) is 8.09. The number of carbonyl (C=O) groups is 2. The molecule has 1 aromatic carbocycles. The summed E-state index contributed by atoms with van der Waals surface area (Å²) in [6.07, 6.45) is 3.69. The Hall–Kier alpha value is -2.41. The van der Waals surface area contributed by atoms with Gasteiger partial charge in [0.15, 0.2) is 0 Å². The maximum Gasteiger partial charge on any atom is 0.317 e. The second-order valence-corrected chi connectivity index (χ2v) is 6.43. The molecule has 128 valence electrons. The zero-order valence-electron chi connectivity index (χ0n) is 14.0. The van der Waals surface area contributed by atoms with Crippen LogP contribution in [0.1, 0.15) is 25.3 Å². The Kier molecular flexibility index (Phi) is 4.28. The minimum Gasteiger partial charge on any atom is -0.480 e. The molecule has 1 aromatic heterocycles. The molecule has 1 saturated heterocycles. The Balaban J connectivity index is 2.00. The van der Waals surface area contributed by atoms with Crippen molar-refractivity contribution in [2.75, 3.05) is 19.6 Å². The van der Waals surface area contributed by atoms with E-state index in [0.717, 1.165) is 42.5 Å². The summed E-state index contributed by atoms with van der Waals surface area (Å²) in [5, 5.41) is 12.0. The van der Waals surface area contributed by atoms with Crippen LogP contribution >= 0.6 is 0 Å². The molecule has 1 aliphatic heterocycles. The summed E-state index contributed by atoms with van der Waals surface area (Å²) in [5.41, 5.74) is 1.39. The van der Waals surface area contributed by atoms with E-state index in [0.29, 0.717) is 0 Å². The fourth-order valence-corrected chi connectivity index (χ4v) is 3.24. The van der Waals surface area contributed by atoms with E-state index >= 15 is 0 Å². The predicted molar refractivity (Wildman–Crippen MR) is 89.5 cm³/mol. The van der Waals surface area contributed by atoms with Crippen molar-refractivity contribution in [3.8, 4) is 0 Å². The van der Waals surface area contributed by atoms with Crippen molar-refractivity contribution < 1.29 is 14.7 Å². The van der Waals surface area contributed by atoms with Crippen LogP contribution in [0.15, 0.2) is 24.5 Å². The molecule has 24 heavy (non-hydrogen) atoms. The molecule has 1 unspecified atom stereocenters. The molecule has 2 N–H and O–H groups in total. The van der Waals surface area contributed by atoms with Crippen molar-refractivity contribution in [2.45, 2.75) is 25.3 Å². The number of aryl methyl sites for hydroxylation is 1. The first-order chi connectivity index (χ1) is 11.4. The van der Waals surface area contributed by atoms with Crippen LogP contribution in [0.4, 0.5) is 0 Å². The number of likely N-dealkylation sites (tertiary alicyclic amines) is 1. The van der Waals surface area contributed by atoms with Crippen LogP contribution in [0.5, 0.6) is 0 Å². The zero-order valence-corrected chi connectivity index (χ0v) is 14.0. The van der Waals surface area contributed by atoms with Crippen LogP contribution in [-0.4, -0.2) is 51.1 Å². The average molecular weight is 330 g/mol. The van der Waals surface area contributed by atoms with Crippen LogP contribution in [0.25, 0.3) is 11.0 Å². The van der Waals surface area contributed by atoms with Gasteiger partial charge in [-0.25, -0.2) is 4.98 Å². The van der Waals surface area contributed by atoms with E-state index in [2.05, 4.69) is 10.3 Å². The van der Waals surface area contributed by atoms with Gasteiger partial charge in [0.1, 0.15) is 5.54 Å². The van der Waals surface area contributed by atoms with E-state index in [1.54, 1.807) is 18.2 Å². The number of amides is 1. The number of carbonyl (C=O) groups excluding carboxylic acids is 1. The number of imidazole rings is 1. The molecule has 0 aliphatic carbocycles. The molecular formula is C17H22N4O3. The highest BCUT2D eigenvalue weighted by Crippen LogP contribution is 2.28. The van der Waals surface area contributed by atoms with Gasteiger partial charge in [0.25, 0.3) is 0 Å². The summed E-state index contributed by atoms with van der Waals surface area (Å²) < 4.78 is 1.91. The van der Waals surface area contributed by atoms with Gasteiger partial charge in [0, 0.05) is 20.1 Å². The van der Waals surface area contributed by atoms with Crippen molar-refractivity contribution in [3.63, 3.8) is 0 Å². The van der Waals surface area contributed by atoms with Crippen molar-refractivity contribution in [2.24, 2.45) is 7.05 Å². The SMILES string of the molecule is Cn1cnc2cc(C(C)(NCC(=O)O)C(=O)N3CCCC3)ccc21. The number of hydrogen-bond acceptors (Lipinski definition) is 4. The lowest BCUT2D eigenvalue weighted by Gasteiger charge is -2.33. The molecule has 1 atom stereocenters. The second kappa shape index (κ2) is 6.24. The number of aromatic nitrogens is 2. The van der Waals surface area contributed by atoms with Gasteiger partial charge in [-0.3, -0.25) is 14.9 Å². The number of nitrogens with one attached hydrogen (secondary N) is 1. The number of benzene rings is 1. The number of nitrogens with zero attached hydrogens (tertiary/aromatic N) is 3. The van der Waals surface area contributed by atoms with Crippen molar-refractivity contribution in [1.29, 1.82) is 0 Å². The lowest BCUT2D eigenvalue weighted by molar-refractivity contribution is -0.139. The third-order valence-corrected chi connectivity index (χ3v) is 4.72. The van der Waals surface area contributed by atoms with Crippen LogP contribution < -0.4 is 5.32 Å². The quantitative estimate of drug-likeness (QED) is 0.857. The Morgan fingerprint density at radius 2 is 2.04 bits per heavy atom. The number of carboxylic acid groups (broad SMARTS) is 1. The van der Waals surface area contributed by atoms with Gasteiger partial charge in [-0.05, 0) is 37.5 Å². The minimum absolute atomic E-state index is 0.0865. The highest BCUT2D eigenvalue weighted by Gasteiger charge is 2.39. The molecule has 1 aliphatic rings. The van der Waals surface area contributed by atoms with Gasteiger partial charge in [-0.15, -0.1) is 0 Å². The largest absolute Gasteiger partial charge is 0.480 e. The summed E-state index contributed by atoms with van der Waals surface area (Å²) in [6.45, 7) is 2.90. The fourth-order valence-electron chi connectivity index (χ4n) is 3.24. The fraction of sp³-hybridized carbons (Fsp3) is 0.471. The molecule has 0 spiro atoms. The van der Waals surface area contributed by atoms with Gasteiger partial charge < -0.3 is 14.6 Å². The van der Waals surface area contributed by atoms with Crippen LogP contribution in [0.2, 0.25) is 0 Å². The van der Waals surface area contributed by atoms with Gasteiger partial charge in [-0.2, -0.15) is 0 Å². The highest BCUT2D eigenvalue weighted by atomic mass is 16.4. The minimum atomic E-state index is -1.09. The Morgan fingerprint density at radius 1 is 1.33 bits per heavy atom. The van der Waals surface area contributed by atoms with E-state index < -0.39 is 11.5 Å². The molecule has 3 rings (SSSR count). The molecule has 2 aromatic rings. The second-order valence-electron chi connectivity index (χ2n) is 6.43.